The van der Waals surface area contributed by atoms with Gasteiger partial charge in [0.05, 0.1) is 12.2 Å². The molecule has 4 heteroatoms. The number of morpholine rings is 1. The fraction of sp³-hybridized carbons (Fsp3) is 0.611. The largest absolute Gasteiger partial charge is 0.373 e. The van der Waals surface area contributed by atoms with Crippen LogP contribution in [-0.2, 0) is 16.7 Å². The Labute approximate surface area is 132 Å². The van der Waals surface area contributed by atoms with Gasteiger partial charge in [0.15, 0.2) is 0 Å². The smallest absolute Gasteiger partial charge is 0.137 e. The first-order valence-electron chi connectivity index (χ1n) is 8.18. The van der Waals surface area contributed by atoms with Crippen molar-refractivity contribution in [2.75, 3.05) is 13.1 Å². The first-order chi connectivity index (χ1) is 10.3. The molecule has 0 amide bonds. The van der Waals surface area contributed by atoms with E-state index in [1.54, 1.807) is 0 Å². The molecule has 1 saturated heterocycles. The molecular weight excluding hydrogens is 274 g/mol. The zero-order valence-electron chi connectivity index (χ0n) is 14.3. The Morgan fingerprint density at radius 3 is 2.59 bits per heavy atom. The lowest BCUT2D eigenvalue weighted by atomic mass is 9.88. The van der Waals surface area contributed by atoms with Crippen molar-refractivity contribution in [3.05, 3.63) is 29.6 Å². The monoisotopic (exact) mass is 301 g/mol. The number of nitrogens with one attached hydrogen (secondary N) is 1. The zero-order chi connectivity index (χ0) is 15.9. The Kier molecular flexibility index (Phi) is 4.00. The first-order valence-corrected chi connectivity index (χ1v) is 8.18. The number of aromatic nitrogens is 2. The molecule has 0 aromatic carbocycles. The topological polar surface area (TPSA) is 41.2 Å². The van der Waals surface area contributed by atoms with Crippen LogP contribution >= 0.6 is 0 Å². The van der Waals surface area contributed by atoms with Gasteiger partial charge in [0.25, 0.3) is 0 Å². The van der Waals surface area contributed by atoms with E-state index in [0.29, 0.717) is 12.2 Å². The highest BCUT2D eigenvalue weighted by atomic mass is 16.5. The van der Waals surface area contributed by atoms with E-state index in [1.165, 1.54) is 16.6 Å². The maximum Gasteiger partial charge on any atom is 0.137 e. The summed E-state index contributed by atoms with van der Waals surface area (Å²) in [6, 6.07) is 4.20. The number of ether oxygens (including phenoxy) is 1. The molecule has 0 unspecified atom stereocenters. The van der Waals surface area contributed by atoms with E-state index in [-0.39, 0.29) is 5.41 Å². The van der Waals surface area contributed by atoms with Crippen LogP contribution in [0.3, 0.4) is 0 Å². The van der Waals surface area contributed by atoms with Crippen molar-refractivity contribution in [2.45, 2.75) is 58.8 Å². The Balaban J connectivity index is 1.98. The van der Waals surface area contributed by atoms with Crippen molar-refractivity contribution in [3.8, 4) is 0 Å². The molecule has 2 atom stereocenters. The van der Waals surface area contributed by atoms with E-state index in [4.69, 9.17) is 4.74 Å². The van der Waals surface area contributed by atoms with Crippen LogP contribution < -0.4 is 0 Å². The summed E-state index contributed by atoms with van der Waals surface area (Å²) in [6.45, 7) is 14.0. The average Bonchev–Trinajstić information content (AvgIpc) is 2.77. The van der Waals surface area contributed by atoms with Gasteiger partial charge in [0.1, 0.15) is 5.65 Å². The predicted molar refractivity (Wildman–Crippen MR) is 90.1 cm³/mol. The summed E-state index contributed by atoms with van der Waals surface area (Å²) >= 11 is 0. The molecule has 0 aliphatic carbocycles. The van der Waals surface area contributed by atoms with Crippen molar-refractivity contribution in [1.29, 1.82) is 0 Å². The summed E-state index contributed by atoms with van der Waals surface area (Å²) in [7, 11) is 0. The quantitative estimate of drug-likeness (QED) is 0.923. The fourth-order valence-corrected chi connectivity index (χ4v) is 3.52. The van der Waals surface area contributed by atoms with Gasteiger partial charge in [-0.2, -0.15) is 0 Å². The van der Waals surface area contributed by atoms with Crippen molar-refractivity contribution >= 4 is 11.0 Å². The fourth-order valence-electron chi connectivity index (χ4n) is 3.52. The van der Waals surface area contributed by atoms with Crippen molar-refractivity contribution in [2.24, 2.45) is 0 Å². The number of rotatable bonds is 2. The third-order valence-electron chi connectivity index (χ3n) is 4.30. The summed E-state index contributed by atoms with van der Waals surface area (Å²) in [5, 5.41) is 1.25. The van der Waals surface area contributed by atoms with Crippen LogP contribution in [0.25, 0.3) is 11.0 Å². The number of nitrogens with zero attached hydrogens (tertiary/aromatic N) is 2. The molecule has 3 rings (SSSR count). The Hall–Kier alpha value is -1.39. The van der Waals surface area contributed by atoms with E-state index in [2.05, 4.69) is 55.6 Å². The van der Waals surface area contributed by atoms with Crippen molar-refractivity contribution < 1.29 is 4.74 Å². The van der Waals surface area contributed by atoms with Crippen LogP contribution in [0.15, 0.2) is 18.3 Å². The van der Waals surface area contributed by atoms with Crippen LogP contribution in [0.5, 0.6) is 0 Å². The zero-order valence-corrected chi connectivity index (χ0v) is 14.3. The summed E-state index contributed by atoms with van der Waals surface area (Å²) in [5.41, 5.74) is 3.76. The van der Waals surface area contributed by atoms with Crippen LogP contribution in [0, 0.1) is 0 Å². The number of pyridine rings is 1. The molecule has 0 bridgehead atoms. The lowest BCUT2D eigenvalue weighted by molar-refractivity contribution is -0.0704. The molecular formula is C18H27N3O. The Morgan fingerprint density at radius 2 is 1.95 bits per heavy atom. The molecule has 0 saturated carbocycles. The molecule has 120 valence electrons. The maximum atomic E-state index is 5.86. The number of hydrogen-bond acceptors (Lipinski definition) is 3. The third-order valence-corrected chi connectivity index (χ3v) is 4.30. The summed E-state index contributed by atoms with van der Waals surface area (Å²) in [5.74, 6) is 0. The second-order valence-corrected chi connectivity index (χ2v) is 7.58. The van der Waals surface area contributed by atoms with Gasteiger partial charge in [-0.1, -0.05) is 20.8 Å². The third kappa shape index (κ3) is 3.03. The normalized spacial score (nSPS) is 24.0. The minimum Gasteiger partial charge on any atom is -0.373 e. The highest BCUT2D eigenvalue weighted by Crippen LogP contribution is 2.32. The molecule has 22 heavy (non-hydrogen) atoms. The summed E-state index contributed by atoms with van der Waals surface area (Å²) in [4.78, 5) is 10.6. The van der Waals surface area contributed by atoms with Gasteiger partial charge in [-0.3, -0.25) is 4.90 Å². The van der Waals surface area contributed by atoms with Crippen LogP contribution in [0.1, 0.15) is 45.9 Å². The number of aromatic amines is 1. The predicted octanol–water partition coefficient (Wildman–Crippen LogP) is 3.47. The van der Waals surface area contributed by atoms with Crippen LogP contribution in [-0.4, -0.2) is 40.2 Å². The SMILES string of the molecule is C[C@@H]1CN(Cc2c(C(C)(C)C)[nH]c3ncccc23)C[C@H](C)O1. The standard InChI is InChI=1S/C18H27N3O/c1-12-9-21(10-13(2)22-12)11-15-14-7-6-8-19-17(14)20-16(15)18(3,4)5/h6-8,12-13H,9-11H2,1-5H3,(H,19,20)/t12-,13+. The van der Waals surface area contributed by atoms with Gasteiger partial charge in [0, 0.05) is 42.3 Å². The van der Waals surface area contributed by atoms with Gasteiger partial charge in [0.2, 0.25) is 0 Å². The first kappa shape index (κ1) is 15.5. The highest BCUT2D eigenvalue weighted by Gasteiger charge is 2.27. The maximum absolute atomic E-state index is 5.86. The molecule has 1 aliphatic rings. The van der Waals surface area contributed by atoms with E-state index >= 15 is 0 Å². The van der Waals surface area contributed by atoms with Crippen molar-refractivity contribution in [1.82, 2.24) is 14.9 Å². The van der Waals surface area contributed by atoms with Crippen molar-refractivity contribution in [3.63, 3.8) is 0 Å². The molecule has 1 fully saturated rings. The molecule has 3 heterocycles. The molecule has 2 aromatic rings. The van der Waals surface area contributed by atoms with Crippen LogP contribution in [0.4, 0.5) is 0 Å². The number of fused-ring (bicyclic) bond motifs is 1. The number of H-pyrrole nitrogens is 1. The average molecular weight is 301 g/mol. The van der Waals surface area contributed by atoms with Gasteiger partial charge in [-0.05, 0) is 31.5 Å². The lowest BCUT2D eigenvalue weighted by Crippen LogP contribution is -2.45. The minimum absolute atomic E-state index is 0.0829. The molecule has 2 aromatic heterocycles. The molecule has 0 spiro atoms. The second kappa shape index (κ2) is 5.67. The lowest BCUT2D eigenvalue weighted by Gasteiger charge is -2.35. The number of hydrogen-bond donors (Lipinski definition) is 1. The van der Waals surface area contributed by atoms with Gasteiger partial charge < -0.3 is 9.72 Å². The Morgan fingerprint density at radius 1 is 1.27 bits per heavy atom. The van der Waals surface area contributed by atoms with E-state index in [1.807, 2.05) is 12.3 Å². The van der Waals surface area contributed by atoms with E-state index < -0.39 is 0 Å². The van der Waals surface area contributed by atoms with Gasteiger partial charge in [-0.25, -0.2) is 4.98 Å². The summed E-state index contributed by atoms with van der Waals surface area (Å²) < 4.78 is 5.86. The molecule has 0 radical (unpaired) electrons. The molecule has 1 N–H and O–H groups in total. The van der Waals surface area contributed by atoms with Crippen LogP contribution in [0.2, 0.25) is 0 Å². The molecule has 1 aliphatic heterocycles. The van der Waals surface area contributed by atoms with E-state index in [9.17, 15) is 0 Å². The van der Waals surface area contributed by atoms with Gasteiger partial charge >= 0.3 is 0 Å². The summed E-state index contributed by atoms with van der Waals surface area (Å²) in [6.07, 6.45) is 2.45. The highest BCUT2D eigenvalue weighted by molar-refractivity contribution is 5.81. The molecule has 4 nitrogen and oxygen atoms in total. The second-order valence-electron chi connectivity index (χ2n) is 7.58. The Bertz CT molecular complexity index is 646. The minimum atomic E-state index is 0.0829. The van der Waals surface area contributed by atoms with Gasteiger partial charge in [-0.15, -0.1) is 0 Å². The van der Waals surface area contributed by atoms with E-state index in [0.717, 1.165) is 25.3 Å².